The molecule has 0 saturated carbocycles. The van der Waals surface area contributed by atoms with Gasteiger partial charge in [-0.15, -0.1) is 5.10 Å². The lowest BCUT2D eigenvalue weighted by Crippen LogP contribution is -2.48. The zero-order valence-electron chi connectivity index (χ0n) is 28.8. The smallest absolute Gasteiger partial charge is 0.408 e. The van der Waals surface area contributed by atoms with Crippen LogP contribution in [-0.4, -0.2) is 62.7 Å². The fourth-order valence-corrected chi connectivity index (χ4v) is 8.29. The number of fused-ring (bicyclic) bond motifs is 3. The number of nitrogens with one attached hydrogen (secondary N) is 1. The van der Waals surface area contributed by atoms with Gasteiger partial charge in [0, 0.05) is 37.9 Å². The van der Waals surface area contributed by atoms with Gasteiger partial charge in [-0.1, -0.05) is 30.8 Å². The van der Waals surface area contributed by atoms with Crippen molar-refractivity contribution in [2.75, 3.05) is 36.0 Å². The molecule has 11 nitrogen and oxygen atoms in total. The van der Waals surface area contributed by atoms with Gasteiger partial charge in [0.1, 0.15) is 11.3 Å². The van der Waals surface area contributed by atoms with Crippen molar-refractivity contribution in [3.05, 3.63) is 71.7 Å². The van der Waals surface area contributed by atoms with Crippen LogP contribution in [0, 0.1) is 5.41 Å². The fraction of sp³-hybridized carbons (Fsp3) is 0.500. The number of hydrogen-bond donors (Lipinski definition) is 1. The van der Waals surface area contributed by atoms with Gasteiger partial charge in [-0.3, -0.25) is 4.98 Å². The molecule has 3 aromatic heterocycles. The molecule has 11 heteroatoms. The molecular formula is C38H46N8O3. The highest BCUT2D eigenvalue weighted by Crippen LogP contribution is 2.52. The second kappa shape index (κ2) is 12.4. The van der Waals surface area contributed by atoms with E-state index in [1.807, 2.05) is 43.8 Å². The van der Waals surface area contributed by atoms with Gasteiger partial charge >= 0.3 is 6.09 Å². The molecule has 2 atom stereocenters. The van der Waals surface area contributed by atoms with Crippen molar-refractivity contribution in [3.63, 3.8) is 0 Å². The Morgan fingerprint density at radius 3 is 2.67 bits per heavy atom. The summed E-state index contributed by atoms with van der Waals surface area (Å²) in [6.45, 7) is 13.0. The minimum absolute atomic E-state index is 0.121. The molecule has 49 heavy (non-hydrogen) atoms. The van der Waals surface area contributed by atoms with Crippen LogP contribution in [0.3, 0.4) is 0 Å². The van der Waals surface area contributed by atoms with Crippen molar-refractivity contribution >= 4 is 40.7 Å². The molecule has 2 saturated heterocycles. The standard InChI is InChI=1S/C38H46N8O3/c1-5-27-33(44-21-17-38(18-22-44)24-25-12-6-7-13-26(25)32(38)41-36(47)49-37(2,3)4)42-34-31(40-27)35(43-46(34)30-16-8-9-23-48-30)45-20-11-14-28-29(45)15-10-19-39-28/h5-7,10,12-13,15,19,30,32H,1,8-9,11,14,16-18,20-24H2,2-4H3,(H,41,47)/t30?,32-/m1/s1. The van der Waals surface area contributed by atoms with Crippen LogP contribution in [0.15, 0.2) is 49.2 Å². The normalized spacial score (nSPS) is 21.8. The summed E-state index contributed by atoms with van der Waals surface area (Å²) in [5, 5.41) is 8.48. The molecule has 1 unspecified atom stereocenters. The second-order valence-corrected chi connectivity index (χ2v) is 14.9. The van der Waals surface area contributed by atoms with Crippen LogP contribution < -0.4 is 15.1 Å². The van der Waals surface area contributed by atoms with E-state index in [0.29, 0.717) is 6.61 Å². The average Bonchev–Trinajstić information content (AvgIpc) is 3.62. The van der Waals surface area contributed by atoms with Crippen molar-refractivity contribution in [2.24, 2.45) is 5.41 Å². The molecule has 3 aliphatic heterocycles. The maximum atomic E-state index is 13.1. The first kappa shape index (κ1) is 31.7. The summed E-state index contributed by atoms with van der Waals surface area (Å²) in [5.74, 6) is 1.60. The maximum Gasteiger partial charge on any atom is 0.408 e. The molecular weight excluding hydrogens is 616 g/mol. The van der Waals surface area contributed by atoms with Gasteiger partial charge in [0.25, 0.3) is 0 Å². The number of piperidine rings is 1. The predicted molar refractivity (Wildman–Crippen MR) is 190 cm³/mol. The number of anilines is 3. The Hall–Kier alpha value is -4.51. The number of aromatic nitrogens is 5. The molecule has 1 N–H and O–H groups in total. The number of carbonyl (C=O) groups excluding carboxylic acids is 1. The third-order valence-corrected chi connectivity index (χ3v) is 10.6. The van der Waals surface area contributed by atoms with Crippen molar-refractivity contribution in [1.82, 2.24) is 30.0 Å². The third kappa shape index (κ3) is 5.81. The van der Waals surface area contributed by atoms with Gasteiger partial charge in [-0.05, 0) is 101 Å². The Morgan fingerprint density at radius 1 is 1.06 bits per heavy atom. The minimum atomic E-state index is -0.569. The molecule has 256 valence electrons. The topological polar surface area (TPSA) is 111 Å². The number of alkyl carbamates (subject to hydrolysis) is 1. The molecule has 0 radical (unpaired) electrons. The number of pyridine rings is 1. The number of ether oxygens (including phenoxy) is 2. The zero-order valence-corrected chi connectivity index (χ0v) is 28.8. The molecule has 1 spiro atoms. The van der Waals surface area contributed by atoms with Crippen LogP contribution >= 0.6 is 0 Å². The van der Waals surface area contributed by atoms with E-state index in [-0.39, 0.29) is 23.8 Å². The Bertz CT molecular complexity index is 1880. The number of amides is 1. The van der Waals surface area contributed by atoms with E-state index in [9.17, 15) is 4.79 Å². The lowest BCUT2D eigenvalue weighted by Gasteiger charge is -2.44. The number of rotatable bonds is 5. The molecule has 2 fully saturated rings. The highest BCUT2D eigenvalue weighted by Gasteiger charge is 2.49. The van der Waals surface area contributed by atoms with Crippen LogP contribution in [0.5, 0.6) is 0 Å². The highest BCUT2D eigenvalue weighted by atomic mass is 16.6. The van der Waals surface area contributed by atoms with Crippen LogP contribution in [-0.2, 0) is 22.3 Å². The van der Waals surface area contributed by atoms with Crippen LogP contribution in [0.4, 0.5) is 22.1 Å². The number of nitrogens with zero attached hydrogens (tertiary/aromatic N) is 7. The molecule has 8 rings (SSSR count). The van der Waals surface area contributed by atoms with Crippen LogP contribution in [0.1, 0.15) is 94.1 Å². The molecule has 1 aromatic carbocycles. The first-order valence-electron chi connectivity index (χ1n) is 17.8. The Morgan fingerprint density at radius 2 is 1.90 bits per heavy atom. The first-order valence-corrected chi connectivity index (χ1v) is 17.8. The highest BCUT2D eigenvalue weighted by molar-refractivity contribution is 5.89. The van der Waals surface area contributed by atoms with Gasteiger partial charge in [-0.25, -0.2) is 19.4 Å². The van der Waals surface area contributed by atoms with Gasteiger partial charge in [-0.2, -0.15) is 0 Å². The Balaban J connectivity index is 1.13. The summed E-state index contributed by atoms with van der Waals surface area (Å²) in [6.07, 6.45) is 10.7. The van der Waals surface area contributed by atoms with Crippen LogP contribution in [0.2, 0.25) is 0 Å². The summed E-state index contributed by atoms with van der Waals surface area (Å²) in [4.78, 5) is 32.9. The molecule has 4 aromatic rings. The summed E-state index contributed by atoms with van der Waals surface area (Å²) in [7, 11) is 0. The molecule has 4 aliphatic rings. The summed E-state index contributed by atoms with van der Waals surface area (Å²) < 4.78 is 14.0. The van der Waals surface area contributed by atoms with E-state index in [1.165, 1.54) is 11.1 Å². The number of benzene rings is 1. The lowest BCUT2D eigenvalue weighted by atomic mass is 9.72. The van der Waals surface area contributed by atoms with E-state index in [1.54, 1.807) is 0 Å². The summed E-state index contributed by atoms with van der Waals surface area (Å²) in [6, 6.07) is 12.5. The number of carbonyl (C=O) groups is 1. The van der Waals surface area contributed by atoms with Crippen molar-refractivity contribution in [3.8, 4) is 0 Å². The van der Waals surface area contributed by atoms with Crippen molar-refractivity contribution in [2.45, 2.75) is 90.0 Å². The second-order valence-electron chi connectivity index (χ2n) is 14.9. The largest absolute Gasteiger partial charge is 0.444 e. The van der Waals surface area contributed by atoms with E-state index >= 15 is 0 Å². The predicted octanol–water partition coefficient (Wildman–Crippen LogP) is 7.06. The molecule has 6 heterocycles. The molecule has 1 amide bonds. The monoisotopic (exact) mass is 662 g/mol. The molecule has 0 bridgehead atoms. The van der Waals surface area contributed by atoms with Crippen molar-refractivity contribution in [1.29, 1.82) is 0 Å². The zero-order chi connectivity index (χ0) is 33.8. The maximum absolute atomic E-state index is 13.1. The lowest BCUT2D eigenvalue weighted by molar-refractivity contribution is -0.0368. The SMILES string of the molecule is C=Cc1nc2c(N3CCCc4ncccc43)nn(C3CCCCO3)c2nc1N1CCC2(CC1)Cc1ccccc1[C@H]2NC(=O)OC(C)(C)C. The fourth-order valence-electron chi connectivity index (χ4n) is 8.29. The quantitative estimate of drug-likeness (QED) is 0.240. The minimum Gasteiger partial charge on any atom is -0.444 e. The Kier molecular flexibility index (Phi) is 8.05. The van der Waals surface area contributed by atoms with E-state index < -0.39 is 5.60 Å². The van der Waals surface area contributed by atoms with Gasteiger partial charge in [0.2, 0.25) is 0 Å². The first-order chi connectivity index (χ1) is 23.7. The van der Waals surface area contributed by atoms with Gasteiger partial charge < -0.3 is 24.6 Å². The summed E-state index contributed by atoms with van der Waals surface area (Å²) in [5.41, 5.74) is 6.18. The number of hydrogen-bond acceptors (Lipinski definition) is 9. The average molecular weight is 663 g/mol. The van der Waals surface area contributed by atoms with Crippen LogP contribution in [0.25, 0.3) is 17.2 Å². The summed E-state index contributed by atoms with van der Waals surface area (Å²) >= 11 is 0. The Labute approximate surface area is 287 Å². The van der Waals surface area contributed by atoms with E-state index in [4.69, 9.17) is 24.5 Å². The van der Waals surface area contributed by atoms with Gasteiger partial charge in [0.15, 0.2) is 29.0 Å². The third-order valence-electron chi connectivity index (χ3n) is 10.6. The van der Waals surface area contributed by atoms with Crippen molar-refractivity contribution < 1.29 is 14.3 Å². The number of aryl methyl sites for hydroxylation is 1. The molecule has 1 aliphatic carbocycles. The van der Waals surface area contributed by atoms with Gasteiger partial charge in [0.05, 0.1) is 17.4 Å². The van der Waals surface area contributed by atoms with E-state index in [0.717, 1.165) is 111 Å². The van der Waals surface area contributed by atoms with E-state index in [2.05, 4.69) is 57.0 Å².